The molecule has 1 aliphatic heterocycles. The van der Waals surface area contributed by atoms with Gasteiger partial charge in [-0.05, 0) is 36.4 Å². The SMILES string of the molecule is COc1ccc(N2CCN(CCNS(=O)(=O)c3cccc(OC)c3)CC2)cc1. The number of hydrogen-bond donors (Lipinski definition) is 1. The average molecular weight is 406 g/mol. The van der Waals surface area contributed by atoms with E-state index in [1.165, 1.54) is 18.9 Å². The van der Waals surface area contributed by atoms with Gasteiger partial charge < -0.3 is 14.4 Å². The van der Waals surface area contributed by atoms with Gasteiger partial charge in [-0.15, -0.1) is 0 Å². The summed E-state index contributed by atoms with van der Waals surface area (Å²) >= 11 is 0. The van der Waals surface area contributed by atoms with E-state index in [4.69, 9.17) is 9.47 Å². The maximum Gasteiger partial charge on any atom is 0.240 e. The number of sulfonamides is 1. The monoisotopic (exact) mass is 405 g/mol. The molecule has 152 valence electrons. The molecule has 0 amide bonds. The minimum atomic E-state index is -3.53. The summed E-state index contributed by atoms with van der Waals surface area (Å²) in [4.78, 5) is 4.82. The number of anilines is 1. The lowest BCUT2D eigenvalue weighted by Crippen LogP contribution is -2.48. The van der Waals surface area contributed by atoms with Crippen LogP contribution in [0.1, 0.15) is 0 Å². The van der Waals surface area contributed by atoms with Gasteiger partial charge >= 0.3 is 0 Å². The molecule has 0 unspecified atom stereocenters. The van der Waals surface area contributed by atoms with Crippen LogP contribution in [0.2, 0.25) is 0 Å². The zero-order valence-electron chi connectivity index (χ0n) is 16.3. The first kappa shape index (κ1) is 20.4. The predicted molar refractivity (Wildman–Crippen MR) is 110 cm³/mol. The van der Waals surface area contributed by atoms with Crippen molar-refractivity contribution < 1.29 is 17.9 Å². The minimum absolute atomic E-state index is 0.219. The highest BCUT2D eigenvalue weighted by molar-refractivity contribution is 7.89. The summed E-state index contributed by atoms with van der Waals surface area (Å²) in [6.07, 6.45) is 0. The largest absolute Gasteiger partial charge is 0.497 e. The van der Waals surface area contributed by atoms with Crippen molar-refractivity contribution in [2.45, 2.75) is 4.90 Å². The van der Waals surface area contributed by atoms with Crippen molar-refractivity contribution in [1.29, 1.82) is 0 Å². The van der Waals surface area contributed by atoms with Gasteiger partial charge in [-0.1, -0.05) is 6.07 Å². The summed E-state index contributed by atoms with van der Waals surface area (Å²) in [5, 5.41) is 0. The molecule has 2 aromatic rings. The van der Waals surface area contributed by atoms with Crippen LogP contribution in [0.25, 0.3) is 0 Å². The quantitative estimate of drug-likeness (QED) is 0.722. The molecular weight excluding hydrogens is 378 g/mol. The second-order valence-corrected chi connectivity index (χ2v) is 8.37. The predicted octanol–water partition coefficient (Wildman–Crippen LogP) is 1.80. The van der Waals surface area contributed by atoms with Gasteiger partial charge in [0.2, 0.25) is 10.0 Å². The third-order valence-corrected chi connectivity index (χ3v) is 6.34. The van der Waals surface area contributed by atoms with Crippen molar-refractivity contribution >= 4 is 15.7 Å². The van der Waals surface area contributed by atoms with Gasteiger partial charge in [0.15, 0.2) is 0 Å². The van der Waals surface area contributed by atoms with Crippen LogP contribution in [-0.2, 0) is 10.0 Å². The Kier molecular flexibility index (Phi) is 6.77. The van der Waals surface area contributed by atoms with E-state index >= 15 is 0 Å². The molecule has 0 bridgehead atoms. The Morgan fingerprint density at radius 2 is 1.61 bits per heavy atom. The molecule has 1 N–H and O–H groups in total. The summed E-state index contributed by atoms with van der Waals surface area (Å²) in [6.45, 7) is 4.67. The fourth-order valence-electron chi connectivity index (χ4n) is 3.21. The molecule has 1 aliphatic rings. The van der Waals surface area contributed by atoms with Gasteiger partial charge in [0.25, 0.3) is 0 Å². The third-order valence-electron chi connectivity index (χ3n) is 4.88. The molecule has 1 heterocycles. The van der Waals surface area contributed by atoms with Crippen LogP contribution in [0.3, 0.4) is 0 Å². The van der Waals surface area contributed by atoms with Gasteiger partial charge in [0, 0.05) is 51.0 Å². The van der Waals surface area contributed by atoms with Crippen LogP contribution >= 0.6 is 0 Å². The molecule has 1 fully saturated rings. The number of piperazine rings is 1. The van der Waals surface area contributed by atoms with E-state index in [0.717, 1.165) is 31.9 Å². The standard InChI is InChI=1S/C20H27N3O4S/c1-26-18-8-6-17(7-9-18)23-14-12-22(13-15-23)11-10-21-28(24,25)20-5-3-4-19(16-20)27-2/h3-9,16,21H,10-15H2,1-2H3. The molecule has 0 aromatic heterocycles. The van der Waals surface area contributed by atoms with Crippen LogP contribution in [0.5, 0.6) is 11.5 Å². The summed E-state index contributed by atoms with van der Waals surface area (Å²) in [7, 11) is -0.351. The van der Waals surface area contributed by atoms with Crippen molar-refractivity contribution in [2.24, 2.45) is 0 Å². The number of benzene rings is 2. The minimum Gasteiger partial charge on any atom is -0.497 e. The molecule has 3 rings (SSSR count). The lowest BCUT2D eigenvalue weighted by Gasteiger charge is -2.36. The molecule has 7 nitrogen and oxygen atoms in total. The van der Waals surface area contributed by atoms with Crippen molar-refractivity contribution in [3.05, 3.63) is 48.5 Å². The van der Waals surface area contributed by atoms with E-state index in [1.807, 2.05) is 12.1 Å². The number of methoxy groups -OCH3 is 2. The van der Waals surface area contributed by atoms with Crippen LogP contribution in [0, 0.1) is 0 Å². The fraction of sp³-hybridized carbons (Fsp3) is 0.400. The summed E-state index contributed by atoms with van der Waals surface area (Å²) in [6, 6.07) is 14.6. The maximum atomic E-state index is 12.4. The van der Waals surface area contributed by atoms with Crippen molar-refractivity contribution in [1.82, 2.24) is 9.62 Å². The first-order chi connectivity index (χ1) is 13.5. The van der Waals surface area contributed by atoms with E-state index in [1.54, 1.807) is 25.3 Å². The smallest absolute Gasteiger partial charge is 0.240 e. The van der Waals surface area contributed by atoms with E-state index < -0.39 is 10.0 Å². The topological polar surface area (TPSA) is 71.1 Å². The highest BCUT2D eigenvalue weighted by atomic mass is 32.2. The van der Waals surface area contributed by atoms with Gasteiger partial charge in [0.05, 0.1) is 19.1 Å². The lowest BCUT2D eigenvalue weighted by atomic mass is 10.2. The van der Waals surface area contributed by atoms with Crippen LogP contribution < -0.4 is 19.1 Å². The summed E-state index contributed by atoms with van der Waals surface area (Å²) in [5.74, 6) is 1.38. The van der Waals surface area contributed by atoms with E-state index in [9.17, 15) is 8.42 Å². The number of nitrogens with zero attached hydrogens (tertiary/aromatic N) is 2. The second-order valence-electron chi connectivity index (χ2n) is 6.60. The normalized spacial score (nSPS) is 15.4. The number of nitrogens with one attached hydrogen (secondary N) is 1. The second kappa shape index (κ2) is 9.27. The van der Waals surface area contributed by atoms with E-state index in [-0.39, 0.29) is 4.90 Å². The molecule has 0 saturated carbocycles. The Morgan fingerprint density at radius 1 is 0.929 bits per heavy atom. The summed E-state index contributed by atoms with van der Waals surface area (Å²) < 4.78 is 37.8. The Balaban J connectivity index is 1.46. The van der Waals surface area contributed by atoms with Crippen molar-refractivity contribution in [3.63, 3.8) is 0 Å². The summed E-state index contributed by atoms with van der Waals surface area (Å²) in [5.41, 5.74) is 1.18. The Labute approximate surface area is 166 Å². The van der Waals surface area contributed by atoms with Crippen molar-refractivity contribution in [2.75, 3.05) is 58.4 Å². The molecular formula is C20H27N3O4S. The first-order valence-corrected chi connectivity index (χ1v) is 10.8. The molecule has 2 aromatic carbocycles. The Bertz CT molecular complexity index is 863. The average Bonchev–Trinajstić information content (AvgIpc) is 2.74. The lowest BCUT2D eigenvalue weighted by molar-refractivity contribution is 0.262. The van der Waals surface area contributed by atoms with E-state index in [2.05, 4.69) is 26.7 Å². The third kappa shape index (κ3) is 5.15. The Morgan fingerprint density at radius 3 is 2.25 bits per heavy atom. The fourth-order valence-corrected chi connectivity index (χ4v) is 4.27. The number of ether oxygens (including phenoxy) is 2. The Hall–Kier alpha value is -2.29. The molecule has 0 spiro atoms. The molecule has 1 saturated heterocycles. The van der Waals surface area contributed by atoms with Gasteiger partial charge in [-0.2, -0.15) is 0 Å². The number of rotatable bonds is 8. The first-order valence-electron chi connectivity index (χ1n) is 9.27. The van der Waals surface area contributed by atoms with Gasteiger partial charge in [0.1, 0.15) is 11.5 Å². The van der Waals surface area contributed by atoms with Crippen LogP contribution in [-0.4, -0.2) is 66.8 Å². The van der Waals surface area contributed by atoms with Gasteiger partial charge in [-0.3, -0.25) is 4.90 Å². The number of hydrogen-bond acceptors (Lipinski definition) is 6. The maximum absolute atomic E-state index is 12.4. The van der Waals surface area contributed by atoms with Crippen LogP contribution in [0.15, 0.2) is 53.4 Å². The molecule has 0 atom stereocenters. The van der Waals surface area contributed by atoms with Gasteiger partial charge in [-0.25, -0.2) is 13.1 Å². The van der Waals surface area contributed by atoms with Crippen LogP contribution in [0.4, 0.5) is 5.69 Å². The molecule has 28 heavy (non-hydrogen) atoms. The molecule has 0 radical (unpaired) electrons. The van der Waals surface area contributed by atoms with Crippen molar-refractivity contribution in [3.8, 4) is 11.5 Å². The van der Waals surface area contributed by atoms with E-state index in [0.29, 0.717) is 18.8 Å². The highest BCUT2D eigenvalue weighted by Crippen LogP contribution is 2.20. The highest BCUT2D eigenvalue weighted by Gasteiger charge is 2.19. The molecule has 0 aliphatic carbocycles. The zero-order chi connectivity index (χ0) is 20.0. The zero-order valence-corrected chi connectivity index (χ0v) is 17.1. The molecule has 8 heteroatoms.